The van der Waals surface area contributed by atoms with Gasteiger partial charge in [-0.3, -0.25) is 4.79 Å². The maximum absolute atomic E-state index is 13.2. The summed E-state index contributed by atoms with van der Waals surface area (Å²) in [5, 5.41) is 3.48. The molecule has 0 unspecified atom stereocenters. The molecule has 5 rings (SSSR count). The summed E-state index contributed by atoms with van der Waals surface area (Å²) in [6, 6.07) is 19.0. The molecule has 0 saturated carbocycles. The summed E-state index contributed by atoms with van der Waals surface area (Å²) in [5.74, 6) is 0.661. The largest absolute Gasteiger partial charge is 0.416 e. The van der Waals surface area contributed by atoms with Gasteiger partial charge in [-0.05, 0) is 35.9 Å². The Balaban J connectivity index is 1.45. The number of halogens is 3. The van der Waals surface area contributed by atoms with E-state index in [-0.39, 0.29) is 5.69 Å². The maximum atomic E-state index is 13.2. The van der Waals surface area contributed by atoms with E-state index in [1.165, 1.54) is 6.07 Å². The number of amides is 1. The number of rotatable bonds is 4. The molecule has 1 amide bonds. The van der Waals surface area contributed by atoms with Gasteiger partial charge in [0.2, 0.25) is 0 Å². The molecule has 0 radical (unpaired) electrons. The van der Waals surface area contributed by atoms with Gasteiger partial charge in [-0.2, -0.15) is 13.2 Å². The van der Waals surface area contributed by atoms with Crippen LogP contribution in [0.3, 0.4) is 0 Å². The Morgan fingerprint density at radius 3 is 2.49 bits per heavy atom. The quantitative estimate of drug-likeness (QED) is 0.425. The Morgan fingerprint density at radius 1 is 0.914 bits per heavy atom. The number of pyridine rings is 2. The van der Waals surface area contributed by atoms with Crippen LogP contribution in [-0.2, 0) is 10.9 Å². The standard InChI is InChI=1S/C26H21F3N4O2/c27-26(28,29)19-6-1-5-18(16-19)20-7-2-4-17-10-11-21(30-24(17)20)25(34)32-22-8-3-9-23(31-22)33-12-14-35-15-13-33/h1-11,16H,12-15H2,(H,31,32,34). The average Bonchev–Trinajstić information content (AvgIpc) is 2.88. The normalized spacial score (nSPS) is 14.2. The third-order valence-corrected chi connectivity index (χ3v) is 5.76. The van der Waals surface area contributed by atoms with Crippen LogP contribution < -0.4 is 10.2 Å². The van der Waals surface area contributed by atoms with Crippen LogP contribution in [0.25, 0.3) is 22.0 Å². The molecule has 0 atom stereocenters. The SMILES string of the molecule is O=C(Nc1cccc(N2CCOCC2)n1)c1ccc2cccc(-c3cccc(C(F)(F)F)c3)c2n1. The molecule has 1 saturated heterocycles. The summed E-state index contributed by atoms with van der Waals surface area (Å²) in [5.41, 5.74) is 0.711. The van der Waals surface area contributed by atoms with Crippen molar-refractivity contribution in [3.05, 3.63) is 84.1 Å². The van der Waals surface area contributed by atoms with Crippen LogP contribution in [0, 0.1) is 0 Å². The number of alkyl halides is 3. The van der Waals surface area contributed by atoms with Crippen LogP contribution >= 0.6 is 0 Å². The van der Waals surface area contributed by atoms with E-state index in [2.05, 4.69) is 20.2 Å². The lowest BCUT2D eigenvalue weighted by molar-refractivity contribution is -0.137. The minimum atomic E-state index is -4.46. The summed E-state index contributed by atoms with van der Waals surface area (Å²) in [6.45, 7) is 2.67. The number of nitrogens with one attached hydrogen (secondary N) is 1. The van der Waals surface area contributed by atoms with Crippen molar-refractivity contribution in [1.82, 2.24) is 9.97 Å². The number of fused-ring (bicyclic) bond motifs is 1. The smallest absolute Gasteiger partial charge is 0.378 e. The Labute approximate surface area is 199 Å². The predicted molar refractivity (Wildman–Crippen MR) is 127 cm³/mol. The summed E-state index contributed by atoms with van der Waals surface area (Å²) >= 11 is 0. The molecule has 0 bridgehead atoms. The van der Waals surface area contributed by atoms with Crippen LogP contribution in [-0.4, -0.2) is 42.2 Å². The Hall–Kier alpha value is -3.98. The number of ether oxygens (including phenoxy) is 1. The number of anilines is 2. The monoisotopic (exact) mass is 478 g/mol. The van der Waals surface area contributed by atoms with Crippen molar-refractivity contribution in [1.29, 1.82) is 0 Å². The molecule has 1 aliphatic rings. The highest BCUT2D eigenvalue weighted by molar-refractivity contribution is 6.05. The summed E-state index contributed by atoms with van der Waals surface area (Å²) in [6.07, 6.45) is -4.46. The molecule has 9 heteroatoms. The van der Waals surface area contributed by atoms with Gasteiger partial charge in [0, 0.05) is 24.0 Å². The molecule has 1 fully saturated rings. The van der Waals surface area contributed by atoms with Crippen molar-refractivity contribution >= 4 is 28.4 Å². The Kier molecular flexibility index (Phi) is 6.08. The molecule has 2 aromatic carbocycles. The minimum absolute atomic E-state index is 0.135. The molecule has 35 heavy (non-hydrogen) atoms. The molecule has 178 valence electrons. The third kappa shape index (κ3) is 4.95. The van der Waals surface area contributed by atoms with Crippen molar-refractivity contribution in [2.24, 2.45) is 0 Å². The molecule has 1 aliphatic heterocycles. The van der Waals surface area contributed by atoms with E-state index in [9.17, 15) is 18.0 Å². The van der Waals surface area contributed by atoms with Gasteiger partial charge < -0.3 is 15.0 Å². The zero-order valence-electron chi connectivity index (χ0n) is 18.5. The van der Waals surface area contributed by atoms with Gasteiger partial charge in [0.25, 0.3) is 5.91 Å². The maximum Gasteiger partial charge on any atom is 0.416 e. The number of benzene rings is 2. The van der Waals surface area contributed by atoms with Gasteiger partial charge in [0.15, 0.2) is 0 Å². The summed E-state index contributed by atoms with van der Waals surface area (Å²) in [4.78, 5) is 24.1. The van der Waals surface area contributed by atoms with Crippen LogP contribution in [0.1, 0.15) is 16.1 Å². The van der Waals surface area contributed by atoms with Gasteiger partial charge in [0.1, 0.15) is 17.3 Å². The van der Waals surface area contributed by atoms with E-state index in [1.54, 1.807) is 42.5 Å². The molecular formula is C26H21F3N4O2. The lowest BCUT2D eigenvalue weighted by Crippen LogP contribution is -2.36. The van der Waals surface area contributed by atoms with Crippen LogP contribution in [0.2, 0.25) is 0 Å². The van der Waals surface area contributed by atoms with Gasteiger partial charge in [-0.15, -0.1) is 0 Å². The topological polar surface area (TPSA) is 67.4 Å². The second-order valence-corrected chi connectivity index (χ2v) is 8.09. The number of para-hydroxylation sites is 1. The zero-order chi connectivity index (χ0) is 24.4. The first kappa shape index (κ1) is 22.8. The second-order valence-electron chi connectivity index (χ2n) is 8.09. The number of carbonyl (C=O) groups is 1. The van der Waals surface area contributed by atoms with Crippen molar-refractivity contribution < 1.29 is 22.7 Å². The zero-order valence-corrected chi connectivity index (χ0v) is 18.5. The summed E-state index contributed by atoms with van der Waals surface area (Å²) in [7, 11) is 0. The number of carbonyl (C=O) groups excluding carboxylic acids is 1. The van der Waals surface area contributed by atoms with E-state index < -0.39 is 17.6 Å². The Morgan fingerprint density at radius 2 is 1.69 bits per heavy atom. The number of hydrogen-bond donors (Lipinski definition) is 1. The molecular weight excluding hydrogens is 457 g/mol. The number of morpholine rings is 1. The lowest BCUT2D eigenvalue weighted by Gasteiger charge is -2.27. The van der Waals surface area contributed by atoms with E-state index in [0.717, 1.165) is 31.0 Å². The van der Waals surface area contributed by atoms with Crippen LogP contribution in [0.4, 0.5) is 24.8 Å². The van der Waals surface area contributed by atoms with Crippen molar-refractivity contribution in [3.63, 3.8) is 0 Å². The van der Waals surface area contributed by atoms with Crippen LogP contribution in [0.15, 0.2) is 72.8 Å². The predicted octanol–water partition coefficient (Wildman–Crippen LogP) is 5.40. The highest BCUT2D eigenvalue weighted by Gasteiger charge is 2.30. The molecule has 0 spiro atoms. The van der Waals surface area contributed by atoms with E-state index in [0.29, 0.717) is 41.1 Å². The molecule has 2 aromatic heterocycles. The third-order valence-electron chi connectivity index (χ3n) is 5.76. The van der Waals surface area contributed by atoms with Crippen molar-refractivity contribution in [2.75, 3.05) is 36.5 Å². The number of aromatic nitrogens is 2. The highest BCUT2D eigenvalue weighted by atomic mass is 19.4. The van der Waals surface area contributed by atoms with Gasteiger partial charge in [0.05, 0.1) is 24.3 Å². The first-order chi connectivity index (χ1) is 16.9. The molecule has 4 aromatic rings. The number of hydrogen-bond acceptors (Lipinski definition) is 5. The molecule has 1 N–H and O–H groups in total. The lowest BCUT2D eigenvalue weighted by atomic mass is 9.99. The second kappa shape index (κ2) is 9.34. The van der Waals surface area contributed by atoms with E-state index in [4.69, 9.17) is 4.74 Å². The van der Waals surface area contributed by atoms with Crippen LogP contribution in [0.5, 0.6) is 0 Å². The Bertz CT molecular complexity index is 1380. The van der Waals surface area contributed by atoms with E-state index in [1.807, 2.05) is 12.1 Å². The molecule has 3 heterocycles. The van der Waals surface area contributed by atoms with Gasteiger partial charge >= 0.3 is 6.18 Å². The van der Waals surface area contributed by atoms with Gasteiger partial charge in [-0.25, -0.2) is 9.97 Å². The number of nitrogens with zero attached hydrogens (tertiary/aromatic N) is 3. The van der Waals surface area contributed by atoms with Gasteiger partial charge in [-0.1, -0.05) is 42.5 Å². The first-order valence-electron chi connectivity index (χ1n) is 11.1. The fraction of sp³-hybridized carbons (Fsp3) is 0.192. The fourth-order valence-electron chi connectivity index (χ4n) is 4.01. The average molecular weight is 478 g/mol. The van der Waals surface area contributed by atoms with E-state index >= 15 is 0 Å². The van der Waals surface area contributed by atoms with Crippen molar-refractivity contribution in [2.45, 2.75) is 6.18 Å². The molecule has 6 nitrogen and oxygen atoms in total. The molecule has 0 aliphatic carbocycles. The van der Waals surface area contributed by atoms with Crippen molar-refractivity contribution in [3.8, 4) is 11.1 Å². The minimum Gasteiger partial charge on any atom is -0.378 e. The highest BCUT2D eigenvalue weighted by Crippen LogP contribution is 2.34. The first-order valence-corrected chi connectivity index (χ1v) is 11.1. The fourth-order valence-corrected chi connectivity index (χ4v) is 4.01. The summed E-state index contributed by atoms with van der Waals surface area (Å²) < 4.78 is 45.1.